The van der Waals surface area contributed by atoms with Crippen molar-refractivity contribution in [2.75, 3.05) is 31.0 Å². The molecule has 0 aliphatic heterocycles. The first-order valence-electron chi connectivity index (χ1n) is 8.95. The molecule has 2 amide bonds. The quantitative estimate of drug-likeness (QED) is 0.515. The highest BCUT2D eigenvalue weighted by Crippen LogP contribution is 2.29. The highest BCUT2D eigenvalue weighted by atomic mass is 35.5. The molecule has 0 radical (unpaired) electrons. The summed E-state index contributed by atoms with van der Waals surface area (Å²) in [4.78, 5) is 19.9. The summed E-state index contributed by atoms with van der Waals surface area (Å²) in [6.45, 7) is 2.37. The summed E-state index contributed by atoms with van der Waals surface area (Å²) in [6.07, 6.45) is -2.85. The largest absolute Gasteiger partial charge is 0.433 e. The number of halogens is 4. The lowest BCUT2D eigenvalue weighted by molar-refractivity contribution is -0.141. The maximum Gasteiger partial charge on any atom is 0.433 e. The highest BCUT2D eigenvalue weighted by molar-refractivity contribution is 6.29. The number of ether oxygens (including phenoxy) is 2. The Morgan fingerprint density at radius 3 is 2.74 bits per heavy atom. The summed E-state index contributed by atoms with van der Waals surface area (Å²) in [5.74, 6) is 0. The van der Waals surface area contributed by atoms with E-state index in [-0.39, 0.29) is 23.1 Å². The number of pyridine rings is 1. The molecule has 31 heavy (non-hydrogen) atoms. The fraction of sp³-hybridized carbons (Fsp3) is 0.333. The van der Waals surface area contributed by atoms with Gasteiger partial charge in [-0.25, -0.2) is 14.3 Å². The molecule has 13 heteroatoms. The molecule has 3 aromatic heterocycles. The minimum absolute atomic E-state index is 0.0815. The predicted molar refractivity (Wildman–Crippen MR) is 106 cm³/mol. The lowest BCUT2D eigenvalue weighted by Gasteiger charge is -2.19. The van der Waals surface area contributed by atoms with E-state index in [1.54, 1.807) is 6.92 Å². The first kappa shape index (κ1) is 22.7. The molecule has 3 rings (SSSR count). The second-order valence-corrected chi connectivity index (χ2v) is 6.69. The van der Waals surface area contributed by atoms with Gasteiger partial charge in [0.15, 0.2) is 10.8 Å². The van der Waals surface area contributed by atoms with E-state index in [1.807, 2.05) is 0 Å². The monoisotopic (exact) mass is 458 g/mol. The van der Waals surface area contributed by atoms with E-state index in [0.29, 0.717) is 17.9 Å². The van der Waals surface area contributed by atoms with Gasteiger partial charge in [0.1, 0.15) is 5.69 Å². The van der Waals surface area contributed by atoms with Gasteiger partial charge in [0.25, 0.3) is 0 Å². The van der Waals surface area contributed by atoms with Gasteiger partial charge in [0.2, 0.25) is 0 Å². The van der Waals surface area contributed by atoms with Crippen LogP contribution in [-0.4, -0.2) is 45.9 Å². The van der Waals surface area contributed by atoms with Crippen LogP contribution in [0, 0.1) is 0 Å². The van der Waals surface area contributed by atoms with Gasteiger partial charge in [-0.05, 0) is 19.1 Å². The van der Waals surface area contributed by atoms with Gasteiger partial charge in [-0.3, -0.25) is 4.98 Å². The smallest absolute Gasteiger partial charge is 0.382 e. The summed E-state index contributed by atoms with van der Waals surface area (Å²) in [5.41, 5.74) is -0.104. The first-order valence-corrected chi connectivity index (χ1v) is 9.33. The van der Waals surface area contributed by atoms with Crippen molar-refractivity contribution >= 4 is 34.7 Å². The molecule has 1 atom stereocenters. The second kappa shape index (κ2) is 9.45. The van der Waals surface area contributed by atoms with Gasteiger partial charge in [0, 0.05) is 25.1 Å². The number of methoxy groups -OCH3 is 1. The average Bonchev–Trinajstić information content (AvgIpc) is 3.07. The Bertz CT molecular complexity index is 1080. The molecule has 0 spiro atoms. The van der Waals surface area contributed by atoms with Crippen LogP contribution in [0.3, 0.4) is 0 Å². The number of carbonyl (C=O) groups is 1. The normalized spacial score (nSPS) is 12.7. The third-order valence-corrected chi connectivity index (χ3v) is 4.27. The number of urea groups is 1. The zero-order valence-electron chi connectivity index (χ0n) is 16.4. The number of alkyl halides is 3. The van der Waals surface area contributed by atoms with Crippen LogP contribution in [0.5, 0.6) is 0 Å². The third-order valence-electron chi connectivity index (χ3n) is 4.09. The number of nitrogens with one attached hydrogen (secondary N) is 2. The third kappa shape index (κ3) is 5.60. The summed E-state index contributed by atoms with van der Waals surface area (Å²) < 4.78 is 50.6. The fourth-order valence-corrected chi connectivity index (χ4v) is 2.92. The maximum atomic E-state index is 12.8. The van der Waals surface area contributed by atoms with Crippen LogP contribution in [0.4, 0.5) is 29.3 Å². The molecule has 0 bridgehead atoms. The van der Waals surface area contributed by atoms with Gasteiger partial charge in [-0.1, -0.05) is 11.6 Å². The Kier molecular flexibility index (Phi) is 6.93. The van der Waals surface area contributed by atoms with Crippen LogP contribution in [0.15, 0.2) is 30.6 Å². The van der Waals surface area contributed by atoms with Crippen molar-refractivity contribution in [1.29, 1.82) is 0 Å². The zero-order valence-corrected chi connectivity index (χ0v) is 17.2. The van der Waals surface area contributed by atoms with Crippen molar-refractivity contribution in [2.45, 2.75) is 19.2 Å². The Hall–Kier alpha value is -2.96. The lowest BCUT2D eigenvalue weighted by atomic mass is 10.2. The topological polar surface area (TPSA) is 103 Å². The van der Waals surface area contributed by atoms with E-state index in [1.165, 1.54) is 30.0 Å². The van der Waals surface area contributed by atoms with E-state index in [0.717, 1.165) is 12.3 Å². The van der Waals surface area contributed by atoms with Gasteiger partial charge in [-0.15, -0.1) is 0 Å². The van der Waals surface area contributed by atoms with E-state index in [4.69, 9.17) is 21.1 Å². The minimum Gasteiger partial charge on any atom is -0.382 e. The van der Waals surface area contributed by atoms with E-state index in [2.05, 4.69) is 25.7 Å². The number of hydrogen-bond acceptors (Lipinski definition) is 6. The molecule has 0 fully saturated rings. The van der Waals surface area contributed by atoms with Crippen molar-refractivity contribution in [3.05, 3.63) is 47.1 Å². The molecular formula is C18H18ClF3N6O3. The van der Waals surface area contributed by atoms with Crippen LogP contribution in [0.1, 0.15) is 24.4 Å². The lowest BCUT2D eigenvalue weighted by Crippen LogP contribution is -2.23. The molecule has 0 aliphatic rings. The molecule has 0 saturated carbocycles. The second-order valence-electron chi connectivity index (χ2n) is 6.31. The van der Waals surface area contributed by atoms with Crippen molar-refractivity contribution in [1.82, 2.24) is 19.6 Å². The molecule has 1 unspecified atom stereocenters. The number of carbonyl (C=O) groups excluding carboxylic acids is 1. The molecule has 3 heterocycles. The number of rotatable bonds is 7. The van der Waals surface area contributed by atoms with Crippen molar-refractivity contribution < 1.29 is 27.4 Å². The SMILES string of the molecule is COCCOC(C)c1c(NC(=O)Nc2ccnc(C(F)(F)F)c2)cnc2cc(Cl)nn12. The van der Waals surface area contributed by atoms with Gasteiger partial charge in [-0.2, -0.15) is 18.3 Å². The molecule has 0 aliphatic carbocycles. The molecular weight excluding hydrogens is 441 g/mol. The molecule has 0 aromatic carbocycles. The number of aromatic nitrogens is 4. The van der Waals surface area contributed by atoms with E-state index < -0.39 is 24.0 Å². The van der Waals surface area contributed by atoms with Crippen molar-refractivity contribution in [3.8, 4) is 0 Å². The van der Waals surface area contributed by atoms with Crippen molar-refractivity contribution in [2.24, 2.45) is 0 Å². The summed E-state index contributed by atoms with van der Waals surface area (Å²) in [7, 11) is 1.53. The fourth-order valence-electron chi connectivity index (χ4n) is 2.75. The Balaban J connectivity index is 1.85. The number of amides is 2. The Morgan fingerprint density at radius 2 is 2.03 bits per heavy atom. The zero-order chi connectivity index (χ0) is 22.6. The maximum absolute atomic E-state index is 12.8. The van der Waals surface area contributed by atoms with Gasteiger partial charge < -0.3 is 20.1 Å². The number of anilines is 2. The standard InChI is InChI=1S/C18H18ClF3N6O3/c1-10(31-6-5-30-2)16-12(9-24-15-8-14(19)27-28(15)16)26-17(29)25-11-3-4-23-13(7-11)18(20,21)22/h3-4,7-10H,5-6H2,1-2H3,(H2,23,25,26,29). The molecule has 9 nitrogen and oxygen atoms in total. The Morgan fingerprint density at radius 1 is 1.26 bits per heavy atom. The Labute approximate surface area is 179 Å². The predicted octanol–water partition coefficient (Wildman–Crippen LogP) is 4.16. The number of hydrogen-bond donors (Lipinski definition) is 2. The summed E-state index contributed by atoms with van der Waals surface area (Å²) in [6, 6.07) is 2.71. The number of nitrogens with zero attached hydrogens (tertiary/aromatic N) is 4. The van der Waals surface area contributed by atoms with E-state index in [9.17, 15) is 18.0 Å². The average molecular weight is 459 g/mol. The van der Waals surface area contributed by atoms with Crippen LogP contribution >= 0.6 is 11.6 Å². The summed E-state index contributed by atoms with van der Waals surface area (Å²) in [5, 5.41) is 9.25. The van der Waals surface area contributed by atoms with Crippen LogP contribution in [0.2, 0.25) is 5.15 Å². The molecule has 166 valence electrons. The van der Waals surface area contributed by atoms with Crippen LogP contribution < -0.4 is 10.6 Å². The van der Waals surface area contributed by atoms with Gasteiger partial charge in [0.05, 0.1) is 36.9 Å². The van der Waals surface area contributed by atoms with Crippen LogP contribution in [0.25, 0.3) is 5.65 Å². The molecule has 0 saturated heterocycles. The summed E-state index contributed by atoms with van der Waals surface area (Å²) >= 11 is 5.97. The number of fused-ring (bicyclic) bond motifs is 1. The minimum atomic E-state index is -4.63. The van der Waals surface area contributed by atoms with Crippen molar-refractivity contribution in [3.63, 3.8) is 0 Å². The highest BCUT2D eigenvalue weighted by Gasteiger charge is 2.32. The molecule has 3 aromatic rings. The van der Waals surface area contributed by atoms with Crippen LogP contribution in [-0.2, 0) is 15.7 Å². The van der Waals surface area contributed by atoms with E-state index >= 15 is 0 Å². The first-order chi connectivity index (χ1) is 14.7. The molecule has 2 N–H and O–H groups in total. The van der Waals surface area contributed by atoms with Gasteiger partial charge >= 0.3 is 12.2 Å².